The van der Waals surface area contributed by atoms with E-state index in [2.05, 4.69) is 6.92 Å². The molecule has 1 saturated carbocycles. The number of sulfone groups is 1. The molecule has 0 unspecified atom stereocenters. The maximum Gasteiger partial charge on any atom is 0.157 e. The van der Waals surface area contributed by atoms with E-state index in [-0.39, 0.29) is 11.5 Å². The number of benzene rings is 1. The molecule has 0 aliphatic heterocycles. The molecular weight excluding hydrogens is 260 g/mol. The largest absolute Gasteiger partial charge is 0.389 e. The van der Waals surface area contributed by atoms with E-state index in [1.807, 2.05) is 30.3 Å². The minimum absolute atomic E-state index is 0.0195. The van der Waals surface area contributed by atoms with Crippen LogP contribution >= 0.6 is 0 Å². The molecule has 0 saturated heterocycles. The molecule has 4 heteroatoms. The van der Waals surface area contributed by atoms with Gasteiger partial charge in [-0.15, -0.1) is 0 Å². The van der Waals surface area contributed by atoms with Gasteiger partial charge in [0.05, 0.1) is 17.1 Å². The molecule has 0 bridgehead atoms. The van der Waals surface area contributed by atoms with Gasteiger partial charge in [0.2, 0.25) is 0 Å². The van der Waals surface area contributed by atoms with Crippen LogP contribution in [0.15, 0.2) is 30.3 Å². The minimum Gasteiger partial charge on any atom is -0.389 e. The zero-order valence-electron chi connectivity index (χ0n) is 11.4. The Balaban J connectivity index is 2.01. The van der Waals surface area contributed by atoms with Crippen molar-refractivity contribution in [2.45, 2.75) is 44.0 Å². The maximum atomic E-state index is 12.2. The van der Waals surface area contributed by atoms with Gasteiger partial charge in [-0.25, -0.2) is 8.42 Å². The molecule has 0 aromatic heterocycles. The minimum atomic E-state index is -3.26. The molecule has 0 amide bonds. The van der Waals surface area contributed by atoms with Gasteiger partial charge in [-0.2, -0.15) is 0 Å². The van der Waals surface area contributed by atoms with Crippen LogP contribution in [0.2, 0.25) is 0 Å². The summed E-state index contributed by atoms with van der Waals surface area (Å²) < 4.78 is 24.4. The Morgan fingerprint density at radius 3 is 2.37 bits per heavy atom. The first-order valence-electron chi connectivity index (χ1n) is 6.85. The van der Waals surface area contributed by atoms with Crippen LogP contribution in [0.3, 0.4) is 0 Å². The second-order valence-corrected chi connectivity index (χ2v) is 7.99. The van der Waals surface area contributed by atoms with E-state index in [0.717, 1.165) is 18.4 Å². The van der Waals surface area contributed by atoms with Crippen LogP contribution in [0.5, 0.6) is 0 Å². The molecule has 1 aromatic carbocycles. The highest BCUT2D eigenvalue weighted by molar-refractivity contribution is 7.90. The second kappa shape index (κ2) is 5.63. The van der Waals surface area contributed by atoms with Crippen LogP contribution in [-0.2, 0) is 15.6 Å². The van der Waals surface area contributed by atoms with Gasteiger partial charge in [-0.3, -0.25) is 0 Å². The molecular formula is C15H22O3S. The summed E-state index contributed by atoms with van der Waals surface area (Å²) in [6, 6.07) is 9.16. The summed E-state index contributed by atoms with van der Waals surface area (Å²) >= 11 is 0. The van der Waals surface area contributed by atoms with Crippen molar-refractivity contribution in [1.82, 2.24) is 0 Å². The van der Waals surface area contributed by atoms with Gasteiger partial charge in [0, 0.05) is 0 Å². The first-order valence-corrected chi connectivity index (χ1v) is 8.67. The highest BCUT2D eigenvalue weighted by Crippen LogP contribution is 2.33. The van der Waals surface area contributed by atoms with Crippen LogP contribution < -0.4 is 0 Å². The van der Waals surface area contributed by atoms with Crippen molar-refractivity contribution in [3.63, 3.8) is 0 Å². The Bertz CT molecular complexity index is 499. The van der Waals surface area contributed by atoms with Crippen LogP contribution in [0.4, 0.5) is 0 Å². The summed E-state index contributed by atoms with van der Waals surface area (Å²) in [4.78, 5) is 0. The molecule has 1 fully saturated rings. The van der Waals surface area contributed by atoms with Crippen molar-refractivity contribution < 1.29 is 13.5 Å². The molecule has 0 atom stereocenters. The quantitative estimate of drug-likeness (QED) is 0.923. The van der Waals surface area contributed by atoms with E-state index in [9.17, 15) is 13.5 Å². The van der Waals surface area contributed by atoms with Crippen LogP contribution in [0.1, 0.15) is 38.2 Å². The molecule has 0 spiro atoms. The summed E-state index contributed by atoms with van der Waals surface area (Å²) in [7, 11) is -3.26. The van der Waals surface area contributed by atoms with Gasteiger partial charge in [0.25, 0.3) is 0 Å². The molecule has 1 N–H and O–H groups in total. The highest BCUT2D eigenvalue weighted by atomic mass is 32.2. The average Bonchev–Trinajstić information content (AvgIpc) is 2.33. The lowest BCUT2D eigenvalue weighted by atomic mass is 9.81. The predicted molar refractivity (Wildman–Crippen MR) is 76.5 cm³/mol. The second-order valence-electron chi connectivity index (χ2n) is 5.92. The van der Waals surface area contributed by atoms with Crippen molar-refractivity contribution in [2.24, 2.45) is 5.92 Å². The van der Waals surface area contributed by atoms with Crippen molar-refractivity contribution >= 4 is 9.84 Å². The fourth-order valence-electron chi connectivity index (χ4n) is 2.73. The van der Waals surface area contributed by atoms with Crippen LogP contribution in [0.25, 0.3) is 0 Å². The highest BCUT2D eigenvalue weighted by Gasteiger charge is 2.36. The summed E-state index contributed by atoms with van der Waals surface area (Å²) in [5, 5.41) is 10.4. The van der Waals surface area contributed by atoms with Gasteiger partial charge < -0.3 is 5.11 Å². The van der Waals surface area contributed by atoms with E-state index in [1.165, 1.54) is 0 Å². The Hall–Kier alpha value is -0.870. The Morgan fingerprint density at radius 1 is 1.21 bits per heavy atom. The van der Waals surface area contributed by atoms with Crippen molar-refractivity contribution in [1.29, 1.82) is 0 Å². The lowest BCUT2D eigenvalue weighted by molar-refractivity contribution is 0.0135. The molecule has 1 aliphatic rings. The molecule has 1 aromatic rings. The summed E-state index contributed by atoms with van der Waals surface area (Å²) in [6.45, 7) is 2.15. The predicted octanol–water partition coefficient (Wildman–Crippen LogP) is 2.54. The fraction of sp³-hybridized carbons (Fsp3) is 0.600. The molecule has 19 heavy (non-hydrogen) atoms. The SMILES string of the molecule is CC1CCC(O)(CS(=O)(=O)Cc2ccccc2)CC1. The van der Waals surface area contributed by atoms with Gasteiger partial charge in [0.15, 0.2) is 9.84 Å². The lowest BCUT2D eigenvalue weighted by Crippen LogP contribution is -2.40. The molecule has 106 valence electrons. The Kier molecular flexibility index (Phi) is 4.31. The molecule has 0 heterocycles. The summed E-state index contributed by atoms with van der Waals surface area (Å²) in [6.07, 6.45) is 3.03. The van der Waals surface area contributed by atoms with E-state index in [1.54, 1.807) is 0 Å². The van der Waals surface area contributed by atoms with E-state index < -0.39 is 15.4 Å². The molecule has 0 radical (unpaired) electrons. The summed E-state index contributed by atoms with van der Waals surface area (Å²) in [5.41, 5.74) is -0.226. The van der Waals surface area contributed by atoms with Gasteiger partial charge in [-0.05, 0) is 37.2 Å². The maximum absolute atomic E-state index is 12.2. The van der Waals surface area contributed by atoms with Gasteiger partial charge in [-0.1, -0.05) is 37.3 Å². The Labute approximate surface area is 115 Å². The number of hydrogen-bond acceptors (Lipinski definition) is 3. The van der Waals surface area contributed by atoms with Crippen LogP contribution in [-0.4, -0.2) is 24.9 Å². The van der Waals surface area contributed by atoms with Crippen LogP contribution in [0, 0.1) is 5.92 Å². The van der Waals surface area contributed by atoms with Crippen molar-refractivity contribution in [3.8, 4) is 0 Å². The number of aliphatic hydroxyl groups is 1. The molecule has 2 rings (SSSR count). The third kappa shape index (κ3) is 4.32. The summed E-state index contributed by atoms with van der Waals surface area (Å²) in [5.74, 6) is 0.505. The van der Waals surface area contributed by atoms with E-state index in [4.69, 9.17) is 0 Å². The third-order valence-electron chi connectivity index (χ3n) is 3.92. The first kappa shape index (κ1) is 14.5. The first-order chi connectivity index (χ1) is 8.89. The zero-order chi connectivity index (χ0) is 13.9. The smallest absolute Gasteiger partial charge is 0.157 e. The number of rotatable bonds is 4. The lowest BCUT2D eigenvalue weighted by Gasteiger charge is -2.34. The normalized spacial score (nSPS) is 28.2. The molecule has 1 aliphatic carbocycles. The molecule has 3 nitrogen and oxygen atoms in total. The monoisotopic (exact) mass is 282 g/mol. The van der Waals surface area contributed by atoms with E-state index in [0.29, 0.717) is 18.8 Å². The third-order valence-corrected chi connectivity index (χ3v) is 5.67. The van der Waals surface area contributed by atoms with Gasteiger partial charge >= 0.3 is 0 Å². The van der Waals surface area contributed by atoms with Gasteiger partial charge in [0.1, 0.15) is 0 Å². The van der Waals surface area contributed by atoms with Crippen molar-refractivity contribution in [3.05, 3.63) is 35.9 Å². The Morgan fingerprint density at radius 2 is 1.79 bits per heavy atom. The standard InChI is InChI=1S/C15H22O3S/c1-13-7-9-15(16,10-8-13)12-19(17,18)11-14-5-3-2-4-6-14/h2-6,13,16H,7-12H2,1H3. The average molecular weight is 282 g/mol. The van der Waals surface area contributed by atoms with Crippen molar-refractivity contribution in [2.75, 3.05) is 5.75 Å². The van der Waals surface area contributed by atoms with E-state index >= 15 is 0 Å². The number of hydrogen-bond donors (Lipinski definition) is 1. The fourth-order valence-corrected chi connectivity index (χ4v) is 4.64. The zero-order valence-corrected chi connectivity index (χ0v) is 12.2. The topological polar surface area (TPSA) is 54.4 Å².